The van der Waals surface area contributed by atoms with Crippen LogP contribution in [0.2, 0.25) is 0 Å². The van der Waals surface area contributed by atoms with Gasteiger partial charge in [-0.3, -0.25) is 4.79 Å². The lowest BCUT2D eigenvalue weighted by atomic mass is 9.93. The Kier molecular flexibility index (Phi) is 4.08. The highest BCUT2D eigenvalue weighted by Gasteiger charge is 2.16. The third-order valence-corrected chi connectivity index (χ3v) is 3.39. The van der Waals surface area contributed by atoms with E-state index in [2.05, 4.69) is 0 Å². The molecule has 0 saturated carbocycles. The summed E-state index contributed by atoms with van der Waals surface area (Å²) < 4.78 is 10.8. The van der Waals surface area contributed by atoms with Crippen molar-refractivity contribution in [2.24, 2.45) is 0 Å². The van der Waals surface area contributed by atoms with Crippen LogP contribution in [0.1, 0.15) is 21.5 Å². The molecule has 0 unspecified atom stereocenters. The van der Waals surface area contributed by atoms with Gasteiger partial charge in [-0.25, -0.2) is 0 Å². The summed E-state index contributed by atoms with van der Waals surface area (Å²) in [6, 6.07) is 9.62. The summed E-state index contributed by atoms with van der Waals surface area (Å²) in [6.45, 7) is 4.09. The van der Waals surface area contributed by atoms with Crippen LogP contribution < -0.4 is 9.47 Å². The second-order valence-electron chi connectivity index (χ2n) is 4.69. The van der Waals surface area contributed by atoms with Gasteiger partial charge in [-0.2, -0.15) is 0 Å². The van der Waals surface area contributed by atoms with Crippen LogP contribution in [0, 0.1) is 13.8 Å². The smallest absolute Gasteiger partial charge is 0.168 e. The maximum Gasteiger partial charge on any atom is 0.168 e. The Hall–Kier alpha value is -2.29. The molecule has 20 heavy (non-hydrogen) atoms. The lowest BCUT2D eigenvalue weighted by Gasteiger charge is -2.17. The normalized spacial score (nSPS) is 10.2. The Bertz CT molecular complexity index is 625. The Morgan fingerprint density at radius 1 is 1.00 bits per heavy atom. The van der Waals surface area contributed by atoms with Crippen molar-refractivity contribution >= 4 is 6.29 Å². The fourth-order valence-electron chi connectivity index (χ4n) is 2.48. The molecule has 104 valence electrons. The van der Waals surface area contributed by atoms with Crippen LogP contribution in [0.3, 0.4) is 0 Å². The molecule has 0 heterocycles. The van der Waals surface area contributed by atoms with Gasteiger partial charge in [0.05, 0.1) is 14.2 Å². The average molecular weight is 270 g/mol. The number of carbonyl (C=O) groups is 1. The van der Waals surface area contributed by atoms with E-state index in [4.69, 9.17) is 9.47 Å². The van der Waals surface area contributed by atoms with E-state index in [1.807, 2.05) is 38.1 Å². The molecular formula is C17H18O3. The van der Waals surface area contributed by atoms with E-state index < -0.39 is 0 Å². The zero-order valence-electron chi connectivity index (χ0n) is 12.2. The zero-order valence-corrected chi connectivity index (χ0v) is 12.2. The van der Waals surface area contributed by atoms with Crippen molar-refractivity contribution in [1.82, 2.24) is 0 Å². The van der Waals surface area contributed by atoms with Crippen molar-refractivity contribution in [2.75, 3.05) is 14.2 Å². The van der Waals surface area contributed by atoms with Gasteiger partial charge in [0.15, 0.2) is 11.5 Å². The molecule has 0 fully saturated rings. The molecule has 0 aromatic heterocycles. The molecule has 2 aromatic rings. The highest BCUT2D eigenvalue weighted by Crippen LogP contribution is 2.41. The molecule has 2 rings (SSSR count). The number of benzene rings is 2. The van der Waals surface area contributed by atoms with Gasteiger partial charge in [0, 0.05) is 11.1 Å². The first-order valence-electron chi connectivity index (χ1n) is 6.40. The van der Waals surface area contributed by atoms with Gasteiger partial charge in [0.25, 0.3) is 0 Å². The van der Waals surface area contributed by atoms with Crippen LogP contribution >= 0.6 is 0 Å². The molecule has 0 atom stereocenters. The Morgan fingerprint density at radius 2 is 1.65 bits per heavy atom. The number of ether oxygens (including phenoxy) is 2. The standard InChI is InChI=1S/C17H18O3/c1-11-6-5-7-12(2)16(11)14-8-13(10-18)9-15(19-3)17(14)20-4/h5-10H,1-4H3. The fraction of sp³-hybridized carbons (Fsp3) is 0.235. The van der Waals surface area contributed by atoms with Crippen LogP contribution in [0.15, 0.2) is 30.3 Å². The van der Waals surface area contributed by atoms with E-state index >= 15 is 0 Å². The highest BCUT2D eigenvalue weighted by molar-refractivity contribution is 5.86. The van der Waals surface area contributed by atoms with E-state index in [0.717, 1.165) is 28.5 Å². The summed E-state index contributed by atoms with van der Waals surface area (Å²) in [7, 11) is 3.18. The molecule has 0 aliphatic carbocycles. The fourth-order valence-corrected chi connectivity index (χ4v) is 2.48. The first-order valence-corrected chi connectivity index (χ1v) is 6.40. The van der Waals surface area contributed by atoms with E-state index in [0.29, 0.717) is 17.1 Å². The van der Waals surface area contributed by atoms with E-state index in [9.17, 15) is 4.79 Å². The summed E-state index contributed by atoms with van der Waals surface area (Å²) in [5, 5.41) is 0. The second kappa shape index (κ2) is 5.78. The van der Waals surface area contributed by atoms with Gasteiger partial charge in [-0.15, -0.1) is 0 Å². The van der Waals surface area contributed by atoms with E-state index in [-0.39, 0.29) is 0 Å². The van der Waals surface area contributed by atoms with Crippen molar-refractivity contribution < 1.29 is 14.3 Å². The summed E-state index contributed by atoms with van der Waals surface area (Å²) in [4.78, 5) is 11.1. The largest absolute Gasteiger partial charge is 0.493 e. The minimum absolute atomic E-state index is 0.565. The molecule has 0 saturated heterocycles. The van der Waals surface area contributed by atoms with Crippen molar-refractivity contribution in [3.63, 3.8) is 0 Å². The third-order valence-electron chi connectivity index (χ3n) is 3.39. The molecule has 0 aliphatic rings. The molecule has 3 nitrogen and oxygen atoms in total. The Labute approximate surface area is 119 Å². The summed E-state index contributed by atoms with van der Waals surface area (Å²) in [6.07, 6.45) is 0.819. The number of hydrogen-bond acceptors (Lipinski definition) is 3. The molecule has 0 N–H and O–H groups in total. The topological polar surface area (TPSA) is 35.5 Å². The maximum absolute atomic E-state index is 11.1. The Morgan fingerprint density at radius 3 is 2.15 bits per heavy atom. The van der Waals surface area contributed by atoms with Gasteiger partial charge >= 0.3 is 0 Å². The third kappa shape index (κ3) is 2.39. The van der Waals surface area contributed by atoms with Crippen LogP contribution in [0.4, 0.5) is 0 Å². The van der Waals surface area contributed by atoms with Crippen LogP contribution in [0.25, 0.3) is 11.1 Å². The van der Waals surface area contributed by atoms with Crippen molar-refractivity contribution in [2.45, 2.75) is 13.8 Å². The molecule has 0 spiro atoms. The SMILES string of the molecule is COc1cc(C=O)cc(-c2c(C)cccc2C)c1OC. The Balaban J connectivity index is 2.81. The van der Waals surface area contributed by atoms with Crippen molar-refractivity contribution in [1.29, 1.82) is 0 Å². The highest BCUT2D eigenvalue weighted by atomic mass is 16.5. The first kappa shape index (κ1) is 14.1. The van der Waals surface area contributed by atoms with Gasteiger partial charge in [0.2, 0.25) is 0 Å². The number of methoxy groups -OCH3 is 2. The minimum Gasteiger partial charge on any atom is -0.493 e. The monoisotopic (exact) mass is 270 g/mol. The molecule has 0 aliphatic heterocycles. The predicted octanol–water partition coefficient (Wildman–Crippen LogP) is 3.80. The molecule has 0 radical (unpaired) electrons. The van der Waals surface area contributed by atoms with E-state index in [1.54, 1.807) is 20.3 Å². The average Bonchev–Trinajstić information content (AvgIpc) is 2.46. The summed E-state index contributed by atoms with van der Waals surface area (Å²) in [5.74, 6) is 1.21. The quantitative estimate of drug-likeness (QED) is 0.793. The summed E-state index contributed by atoms with van der Waals surface area (Å²) >= 11 is 0. The zero-order chi connectivity index (χ0) is 14.7. The van der Waals surface area contributed by atoms with Crippen molar-refractivity contribution in [3.8, 4) is 22.6 Å². The first-order chi connectivity index (χ1) is 9.62. The van der Waals surface area contributed by atoms with Gasteiger partial charge < -0.3 is 9.47 Å². The number of aryl methyl sites for hydroxylation is 2. The van der Waals surface area contributed by atoms with E-state index in [1.165, 1.54) is 0 Å². The number of aldehydes is 1. The lowest BCUT2D eigenvalue weighted by molar-refractivity contribution is 0.112. The number of hydrogen-bond donors (Lipinski definition) is 0. The molecular weight excluding hydrogens is 252 g/mol. The number of carbonyl (C=O) groups excluding carboxylic acids is 1. The van der Waals surface area contributed by atoms with Gasteiger partial charge in [-0.05, 0) is 42.7 Å². The van der Waals surface area contributed by atoms with Crippen LogP contribution in [-0.2, 0) is 0 Å². The van der Waals surface area contributed by atoms with Gasteiger partial charge in [0.1, 0.15) is 6.29 Å². The van der Waals surface area contributed by atoms with Crippen LogP contribution in [0.5, 0.6) is 11.5 Å². The molecule has 0 amide bonds. The predicted molar refractivity (Wildman–Crippen MR) is 79.8 cm³/mol. The van der Waals surface area contributed by atoms with Crippen LogP contribution in [-0.4, -0.2) is 20.5 Å². The maximum atomic E-state index is 11.1. The minimum atomic E-state index is 0.565. The van der Waals surface area contributed by atoms with Crippen molar-refractivity contribution in [3.05, 3.63) is 47.0 Å². The molecule has 3 heteroatoms. The second-order valence-corrected chi connectivity index (χ2v) is 4.69. The van der Waals surface area contributed by atoms with Gasteiger partial charge in [-0.1, -0.05) is 18.2 Å². The summed E-state index contributed by atoms with van der Waals surface area (Å²) in [5.41, 5.74) is 4.79. The molecule has 2 aromatic carbocycles. The number of rotatable bonds is 4. The lowest BCUT2D eigenvalue weighted by Crippen LogP contribution is -1.98. The molecule has 0 bridgehead atoms.